The van der Waals surface area contributed by atoms with E-state index < -0.39 is 0 Å². The Labute approximate surface area is 98.4 Å². The fraction of sp³-hybridized carbons (Fsp3) is 0.571. The van der Waals surface area contributed by atoms with Gasteiger partial charge in [-0.05, 0) is 44.7 Å². The predicted molar refractivity (Wildman–Crippen MR) is 69.9 cm³/mol. The first-order valence-corrected chi connectivity index (χ1v) is 6.18. The highest BCUT2D eigenvalue weighted by molar-refractivity contribution is 5.54. The SMILES string of the molecule is CC(C)(N)CN1CCCCc2ccccc21. The zero-order valence-electron chi connectivity index (χ0n) is 10.4. The van der Waals surface area contributed by atoms with Crippen molar-refractivity contribution in [3.8, 4) is 0 Å². The van der Waals surface area contributed by atoms with Gasteiger partial charge >= 0.3 is 0 Å². The van der Waals surface area contributed by atoms with Gasteiger partial charge < -0.3 is 10.6 Å². The summed E-state index contributed by atoms with van der Waals surface area (Å²) in [6, 6.07) is 8.74. The Balaban J connectivity index is 2.26. The molecule has 1 aliphatic rings. The minimum Gasteiger partial charge on any atom is -0.369 e. The van der Waals surface area contributed by atoms with Gasteiger partial charge in [-0.3, -0.25) is 0 Å². The highest BCUT2D eigenvalue weighted by Crippen LogP contribution is 2.26. The van der Waals surface area contributed by atoms with Crippen molar-refractivity contribution in [1.82, 2.24) is 0 Å². The Morgan fingerprint density at radius 1 is 1.25 bits per heavy atom. The molecule has 1 aromatic carbocycles. The first kappa shape index (κ1) is 11.5. The second-order valence-electron chi connectivity index (χ2n) is 5.50. The number of rotatable bonds is 2. The third-order valence-electron chi connectivity index (χ3n) is 3.05. The summed E-state index contributed by atoms with van der Waals surface area (Å²) in [4.78, 5) is 2.45. The molecule has 2 heteroatoms. The second-order valence-corrected chi connectivity index (χ2v) is 5.50. The van der Waals surface area contributed by atoms with Crippen LogP contribution in [0.4, 0.5) is 5.69 Å². The van der Waals surface area contributed by atoms with Crippen LogP contribution < -0.4 is 10.6 Å². The molecule has 1 heterocycles. The van der Waals surface area contributed by atoms with Gasteiger partial charge in [0, 0.05) is 24.3 Å². The van der Waals surface area contributed by atoms with Crippen LogP contribution in [0.15, 0.2) is 24.3 Å². The summed E-state index contributed by atoms with van der Waals surface area (Å²) in [5.74, 6) is 0. The average Bonchev–Trinajstić information content (AvgIpc) is 2.39. The lowest BCUT2D eigenvalue weighted by Gasteiger charge is -2.31. The van der Waals surface area contributed by atoms with Crippen LogP contribution in [-0.2, 0) is 6.42 Å². The third-order valence-corrected chi connectivity index (χ3v) is 3.05. The smallest absolute Gasteiger partial charge is 0.0399 e. The molecule has 0 fully saturated rings. The lowest BCUT2D eigenvalue weighted by molar-refractivity contribution is 0.503. The zero-order valence-corrected chi connectivity index (χ0v) is 10.4. The number of para-hydroxylation sites is 1. The molecule has 2 nitrogen and oxygen atoms in total. The molecule has 1 aromatic rings. The van der Waals surface area contributed by atoms with Gasteiger partial charge in [0.25, 0.3) is 0 Å². The van der Waals surface area contributed by atoms with Crippen molar-refractivity contribution in [3.05, 3.63) is 29.8 Å². The fourth-order valence-corrected chi connectivity index (χ4v) is 2.43. The van der Waals surface area contributed by atoms with E-state index in [1.54, 1.807) is 0 Å². The van der Waals surface area contributed by atoms with E-state index in [4.69, 9.17) is 5.73 Å². The first-order valence-electron chi connectivity index (χ1n) is 6.18. The molecule has 2 N–H and O–H groups in total. The standard InChI is InChI=1S/C14H22N2/c1-14(2,15)11-16-10-6-5-8-12-7-3-4-9-13(12)16/h3-4,7,9H,5-6,8,10-11,15H2,1-2H3. The number of aryl methyl sites for hydroxylation is 1. The van der Waals surface area contributed by atoms with Crippen molar-refractivity contribution < 1.29 is 0 Å². The van der Waals surface area contributed by atoms with Crippen LogP contribution in [0.2, 0.25) is 0 Å². The summed E-state index contributed by atoms with van der Waals surface area (Å²) >= 11 is 0. The Hall–Kier alpha value is -1.02. The molecule has 0 bridgehead atoms. The number of nitrogens with zero attached hydrogens (tertiary/aromatic N) is 1. The Bertz CT molecular complexity index is 352. The van der Waals surface area contributed by atoms with Gasteiger partial charge in [0.05, 0.1) is 0 Å². The largest absolute Gasteiger partial charge is 0.369 e. The molecule has 0 radical (unpaired) electrons. The third kappa shape index (κ3) is 2.76. The van der Waals surface area contributed by atoms with E-state index in [0.717, 1.165) is 13.1 Å². The Kier molecular flexibility index (Phi) is 3.20. The maximum absolute atomic E-state index is 6.13. The number of anilines is 1. The van der Waals surface area contributed by atoms with Crippen molar-refractivity contribution in [1.29, 1.82) is 0 Å². The average molecular weight is 218 g/mol. The van der Waals surface area contributed by atoms with E-state index >= 15 is 0 Å². The first-order chi connectivity index (χ1) is 7.56. The summed E-state index contributed by atoms with van der Waals surface area (Å²) in [7, 11) is 0. The molecule has 0 spiro atoms. The Morgan fingerprint density at radius 3 is 2.75 bits per heavy atom. The molecule has 0 atom stereocenters. The summed E-state index contributed by atoms with van der Waals surface area (Å²) in [6.45, 7) is 6.27. The van der Waals surface area contributed by atoms with Crippen LogP contribution in [0, 0.1) is 0 Å². The molecule has 0 saturated carbocycles. The van der Waals surface area contributed by atoms with E-state index in [-0.39, 0.29) is 5.54 Å². The molecule has 2 rings (SSSR count). The minimum atomic E-state index is -0.128. The van der Waals surface area contributed by atoms with Crippen LogP contribution >= 0.6 is 0 Å². The maximum atomic E-state index is 6.13. The topological polar surface area (TPSA) is 29.3 Å². The van der Waals surface area contributed by atoms with Crippen LogP contribution in [0.5, 0.6) is 0 Å². The molecule has 0 aromatic heterocycles. The zero-order chi connectivity index (χ0) is 11.6. The molecule has 0 aliphatic carbocycles. The number of hydrogen-bond donors (Lipinski definition) is 1. The lowest BCUT2D eigenvalue weighted by atomic mass is 10.0. The number of fused-ring (bicyclic) bond motifs is 1. The van der Waals surface area contributed by atoms with Crippen molar-refractivity contribution >= 4 is 5.69 Å². The van der Waals surface area contributed by atoms with Crippen molar-refractivity contribution in [2.75, 3.05) is 18.0 Å². The molecular formula is C14H22N2. The molecule has 16 heavy (non-hydrogen) atoms. The second kappa shape index (κ2) is 4.46. The number of benzene rings is 1. The van der Waals surface area contributed by atoms with Crippen molar-refractivity contribution in [2.45, 2.75) is 38.6 Å². The van der Waals surface area contributed by atoms with E-state index in [1.165, 1.54) is 30.5 Å². The normalized spacial score (nSPS) is 16.8. The summed E-state index contributed by atoms with van der Waals surface area (Å²) in [6.07, 6.45) is 3.76. The summed E-state index contributed by atoms with van der Waals surface area (Å²) in [5, 5.41) is 0. The van der Waals surface area contributed by atoms with Crippen molar-refractivity contribution in [2.24, 2.45) is 5.73 Å². The van der Waals surface area contributed by atoms with E-state index in [0.29, 0.717) is 0 Å². The predicted octanol–water partition coefficient (Wildman–Crippen LogP) is 2.57. The maximum Gasteiger partial charge on any atom is 0.0399 e. The molecule has 0 amide bonds. The quantitative estimate of drug-likeness (QED) is 0.826. The van der Waals surface area contributed by atoms with Crippen LogP contribution in [0.25, 0.3) is 0 Å². The van der Waals surface area contributed by atoms with Gasteiger partial charge in [-0.2, -0.15) is 0 Å². The van der Waals surface area contributed by atoms with Gasteiger partial charge in [0.2, 0.25) is 0 Å². The fourth-order valence-electron chi connectivity index (χ4n) is 2.43. The molecule has 88 valence electrons. The van der Waals surface area contributed by atoms with E-state index in [9.17, 15) is 0 Å². The summed E-state index contributed by atoms with van der Waals surface area (Å²) in [5.41, 5.74) is 8.87. The van der Waals surface area contributed by atoms with Gasteiger partial charge in [0.15, 0.2) is 0 Å². The highest BCUT2D eigenvalue weighted by Gasteiger charge is 2.20. The van der Waals surface area contributed by atoms with Gasteiger partial charge in [0.1, 0.15) is 0 Å². The number of hydrogen-bond acceptors (Lipinski definition) is 2. The van der Waals surface area contributed by atoms with Gasteiger partial charge in [-0.15, -0.1) is 0 Å². The van der Waals surface area contributed by atoms with Crippen LogP contribution in [-0.4, -0.2) is 18.6 Å². The molecular weight excluding hydrogens is 196 g/mol. The van der Waals surface area contributed by atoms with E-state index in [2.05, 4.69) is 43.0 Å². The monoisotopic (exact) mass is 218 g/mol. The molecule has 1 aliphatic heterocycles. The lowest BCUT2D eigenvalue weighted by Crippen LogP contribution is -2.45. The summed E-state index contributed by atoms with van der Waals surface area (Å²) < 4.78 is 0. The molecule has 0 saturated heterocycles. The van der Waals surface area contributed by atoms with Gasteiger partial charge in [-0.25, -0.2) is 0 Å². The Morgan fingerprint density at radius 2 is 2.00 bits per heavy atom. The van der Waals surface area contributed by atoms with E-state index in [1.807, 2.05) is 0 Å². The minimum absolute atomic E-state index is 0.128. The van der Waals surface area contributed by atoms with Crippen LogP contribution in [0.1, 0.15) is 32.3 Å². The highest BCUT2D eigenvalue weighted by atomic mass is 15.2. The molecule has 0 unspecified atom stereocenters. The van der Waals surface area contributed by atoms with Gasteiger partial charge in [-0.1, -0.05) is 18.2 Å². The van der Waals surface area contributed by atoms with Crippen molar-refractivity contribution in [3.63, 3.8) is 0 Å². The number of nitrogens with two attached hydrogens (primary N) is 1. The van der Waals surface area contributed by atoms with Crippen LogP contribution in [0.3, 0.4) is 0 Å².